The number of hydrogen-bond donors (Lipinski definition) is 1. The maximum atomic E-state index is 12.4. The van der Waals surface area contributed by atoms with Crippen molar-refractivity contribution in [3.63, 3.8) is 0 Å². The minimum atomic E-state index is -1.01. The number of rotatable bonds is 4. The van der Waals surface area contributed by atoms with Crippen molar-refractivity contribution in [2.24, 2.45) is 5.73 Å². The van der Waals surface area contributed by atoms with E-state index in [4.69, 9.17) is 27.4 Å². The highest BCUT2D eigenvalue weighted by Crippen LogP contribution is 2.28. The van der Waals surface area contributed by atoms with Gasteiger partial charge in [0.1, 0.15) is 10.6 Å². The number of thiocarbonyl (C=S) groups is 1. The van der Waals surface area contributed by atoms with Crippen LogP contribution >= 0.6 is 12.2 Å². The van der Waals surface area contributed by atoms with Crippen LogP contribution < -0.4 is 5.73 Å². The van der Waals surface area contributed by atoms with Crippen LogP contribution in [0, 0.1) is 0 Å². The third kappa shape index (κ3) is 5.42. The standard InChI is InChI=1S/C19H26N2O4S/c1-18(2,3)25-17(23)21-11-9-19(10-12-21,16(20)26)24-15(22)13-14-7-5-4-6-8-14/h4-8H,9-13H2,1-3H3,(H2,20,26). The summed E-state index contributed by atoms with van der Waals surface area (Å²) in [7, 11) is 0. The Labute approximate surface area is 159 Å². The van der Waals surface area contributed by atoms with E-state index >= 15 is 0 Å². The van der Waals surface area contributed by atoms with E-state index in [1.54, 1.807) is 4.90 Å². The topological polar surface area (TPSA) is 81.9 Å². The molecule has 0 spiro atoms. The number of carbonyl (C=O) groups is 2. The molecule has 2 rings (SSSR count). The lowest BCUT2D eigenvalue weighted by molar-refractivity contribution is -0.155. The molecule has 6 nitrogen and oxygen atoms in total. The summed E-state index contributed by atoms with van der Waals surface area (Å²) in [4.78, 5) is 26.3. The fraction of sp³-hybridized carbons (Fsp3) is 0.526. The van der Waals surface area contributed by atoms with Gasteiger partial charge in [-0.25, -0.2) is 4.79 Å². The van der Waals surface area contributed by atoms with Gasteiger partial charge in [-0.1, -0.05) is 42.5 Å². The number of nitrogens with zero attached hydrogens (tertiary/aromatic N) is 1. The van der Waals surface area contributed by atoms with Gasteiger partial charge in [-0.3, -0.25) is 4.79 Å². The largest absolute Gasteiger partial charge is 0.451 e. The van der Waals surface area contributed by atoms with Crippen molar-refractivity contribution in [2.45, 2.75) is 51.2 Å². The SMILES string of the molecule is CC(C)(C)OC(=O)N1CCC(OC(=O)Cc2ccccc2)(C(N)=S)CC1. The maximum Gasteiger partial charge on any atom is 0.410 e. The number of hydrogen-bond acceptors (Lipinski definition) is 5. The molecule has 1 aromatic carbocycles. The number of amides is 1. The Hall–Kier alpha value is -2.15. The van der Waals surface area contributed by atoms with E-state index in [0.717, 1.165) is 5.56 Å². The van der Waals surface area contributed by atoms with Crippen molar-refractivity contribution >= 4 is 29.3 Å². The second-order valence-electron chi connectivity index (χ2n) is 7.46. The van der Waals surface area contributed by atoms with Gasteiger partial charge in [0, 0.05) is 25.9 Å². The number of benzene rings is 1. The number of nitrogens with two attached hydrogens (primary N) is 1. The van der Waals surface area contributed by atoms with Crippen molar-refractivity contribution in [1.29, 1.82) is 0 Å². The molecule has 0 unspecified atom stereocenters. The predicted octanol–water partition coefficient (Wildman–Crippen LogP) is 2.83. The van der Waals surface area contributed by atoms with Gasteiger partial charge in [-0.2, -0.15) is 0 Å². The lowest BCUT2D eigenvalue weighted by atomic mass is 9.91. The third-order valence-corrected chi connectivity index (χ3v) is 4.54. The van der Waals surface area contributed by atoms with E-state index in [9.17, 15) is 9.59 Å². The minimum absolute atomic E-state index is 0.141. The molecular formula is C19H26N2O4S. The first kappa shape index (κ1) is 20.2. The van der Waals surface area contributed by atoms with Gasteiger partial charge in [0.25, 0.3) is 0 Å². The van der Waals surface area contributed by atoms with Crippen LogP contribution in [0.1, 0.15) is 39.2 Å². The molecule has 1 aliphatic rings. The lowest BCUT2D eigenvalue weighted by Crippen LogP contribution is -2.55. The van der Waals surface area contributed by atoms with Crippen LogP contribution in [-0.2, 0) is 20.7 Å². The van der Waals surface area contributed by atoms with E-state index in [1.165, 1.54) is 0 Å². The second-order valence-corrected chi connectivity index (χ2v) is 7.90. The number of ether oxygens (including phenoxy) is 2. The summed E-state index contributed by atoms with van der Waals surface area (Å²) in [6.45, 7) is 6.19. The molecular weight excluding hydrogens is 352 g/mol. The first-order chi connectivity index (χ1) is 12.1. The normalized spacial score (nSPS) is 16.7. The molecule has 0 saturated carbocycles. The van der Waals surface area contributed by atoms with Crippen LogP contribution in [0.25, 0.3) is 0 Å². The summed E-state index contributed by atoms with van der Waals surface area (Å²) < 4.78 is 11.1. The molecule has 0 atom stereocenters. The quantitative estimate of drug-likeness (QED) is 0.641. The predicted molar refractivity (Wildman–Crippen MR) is 103 cm³/mol. The molecule has 0 aliphatic carbocycles. The first-order valence-electron chi connectivity index (χ1n) is 8.65. The van der Waals surface area contributed by atoms with Crippen molar-refractivity contribution in [1.82, 2.24) is 4.90 Å². The summed E-state index contributed by atoms with van der Waals surface area (Å²) in [5.74, 6) is -0.380. The number of carbonyl (C=O) groups excluding carboxylic acids is 2. The lowest BCUT2D eigenvalue weighted by Gasteiger charge is -2.40. The fourth-order valence-corrected chi connectivity index (χ4v) is 3.04. The molecule has 7 heteroatoms. The van der Waals surface area contributed by atoms with Crippen molar-refractivity contribution in [3.05, 3.63) is 35.9 Å². The van der Waals surface area contributed by atoms with Crippen LogP contribution in [0.15, 0.2) is 30.3 Å². The number of esters is 1. The van der Waals surface area contributed by atoms with E-state index in [0.29, 0.717) is 25.9 Å². The van der Waals surface area contributed by atoms with Crippen LogP contribution in [0.2, 0.25) is 0 Å². The zero-order valence-corrected chi connectivity index (χ0v) is 16.3. The van der Waals surface area contributed by atoms with Gasteiger partial charge in [-0.15, -0.1) is 0 Å². The summed E-state index contributed by atoms with van der Waals surface area (Å²) >= 11 is 5.17. The van der Waals surface area contributed by atoms with E-state index in [1.807, 2.05) is 51.1 Å². The van der Waals surface area contributed by atoms with E-state index in [-0.39, 0.29) is 23.5 Å². The summed E-state index contributed by atoms with van der Waals surface area (Å²) in [5, 5.41) is 0. The molecule has 0 bridgehead atoms. The highest BCUT2D eigenvalue weighted by Gasteiger charge is 2.42. The van der Waals surface area contributed by atoms with E-state index in [2.05, 4.69) is 0 Å². The van der Waals surface area contributed by atoms with Gasteiger partial charge < -0.3 is 20.1 Å². The molecule has 142 valence electrons. The van der Waals surface area contributed by atoms with Crippen molar-refractivity contribution in [3.8, 4) is 0 Å². The Morgan fingerprint density at radius 1 is 1.19 bits per heavy atom. The minimum Gasteiger partial charge on any atom is -0.451 e. The van der Waals surface area contributed by atoms with Gasteiger partial charge in [0.15, 0.2) is 5.60 Å². The molecule has 1 aliphatic heterocycles. The molecule has 1 aromatic rings. The summed E-state index contributed by atoms with van der Waals surface area (Å²) in [6, 6.07) is 9.34. The maximum absolute atomic E-state index is 12.4. The van der Waals surface area contributed by atoms with Crippen LogP contribution in [-0.4, -0.2) is 46.2 Å². The smallest absolute Gasteiger partial charge is 0.410 e. The number of likely N-dealkylation sites (tertiary alicyclic amines) is 1. The van der Waals surface area contributed by atoms with Crippen molar-refractivity contribution in [2.75, 3.05) is 13.1 Å². The van der Waals surface area contributed by atoms with Crippen LogP contribution in [0.5, 0.6) is 0 Å². The Morgan fingerprint density at radius 3 is 2.27 bits per heavy atom. The zero-order valence-electron chi connectivity index (χ0n) is 15.5. The van der Waals surface area contributed by atoms with Gasteiger partial charge in [0.05, 0.1) is 6.42 Å². The third-order valence-electron chi connectivity index (χ3n) is 4.17. The Morgan fingerprint density at radius 2 is 1.77 bits per heavy atom. The zero-order chi connectivity index (χ0) is 19.4. The first-order valence-corrected chi connectivity index (χ1v) is 9.06. The van der Waals surface area contributed by atoms with Crippen LogP contribution in [0.3, 0.4) is 0 Å². The average Bonchev–Trinajstić information content (AvgIpc) is 2.54. The molecule has 1 saturated heterocycles. The monoisotopic (exact) mass is 378 g/mol. The second kappa shape index (κ2) is 8.03. The highest BCUT2D eigenvalue weighted by atomic mass is 32.1. The molecule has 1 amide bonds. The molecule has 0 aromatic heterocycles. The van der Waals surface area contributed by atoms with Gasteiger partial charge in [-0.05, 0) is 26.3 Å². The Balaban J connectivity index is 1.98. The molecule has 1 heterocycles. The molecule has 26 heavy (non-hydrogen) atoms. The molecule has 1 fully saturated rings. The van der Waals surface area contributed by atoms with Gasteiger partial charge >= 0.3 is 12.1 Å². The highest BCUT2D eigenvalue weighted by molar-refractivity contribution is 7.80. The molecule has 2 N–H and O–H groups in total. The van der Waals surface area contributed by atoms with Crippen molar-refractivity contribution < 1.29 is 19.1 Å². The Kier molecular flexibility index (Phi) is 6.23. The summed E-state index contributed by atoms with van der Waals surface area (Å²) in [6.07, 6.45) is 0.496. The van der Waals surface area contributed by atoms with Gasteiger partial charge in [0.2, 0.25) is 0 Å². The average molecular weight is 378 g/mol. The Bertz CT molecular complexity index is 662. The molecule has 0 radical (unpaired) electrons. The van der Waals surface area contributed by atoms with E-state index < -0.39 is 11.2 Å². The number of piperidine rings is 1. The fourth-order valence-electron chi connectivity index (χ4n) is 2.79. The van der Waals surface area contributed by atoms with Crippen LogP contribution in [0.4, 0.5) is 4.79 Å². The summed E-state index contributed by atoms with van der Waals surface area (Å²) in [5.41, 5.74) is 5.18.